The number of hydrogen-bond acceptors (Lipinski definition) is 1. The van der Waals surface area contributed by atoms with E-state index in [9.17, 15) is 0 Å². The Labute approximate surface area is 156 Å². The Bertz CT molecular complexity index is 636. The van der Waals surface area contributed by atoms with Crippen molar-refractivity contribution in [1.82, 2.24) is 0 Å². The number of rotatable bonds is 9. The molecule has 25 heavy (non-hydrogen) atoms. The van der Waals surface area contributed by atoms with Gasteiger partial charge in [-0.15, -0.1) is 6.42 Å². The summed E-state index contributed by atoms with van der Waals surface area (Å²) in [5.74, 6) is 2.83. The largest absolute Gasteiger partial charge is 0.293 e. The van der Waals surface area contributed by atoms with Gasteiger partial charge in [-0.05, 0) is 75.8 Å². The van der Waals surface area contributed by atoms with Gasteiger partial charge in [-0.25, -0.2) is 0 Å². The second kappa shape index (κ2) is 13.2. The summed E-state index contributed by atoms with van der Waals surface area (Å²) in [6.45, 7) is 12.7. The second-order valence-corrected chi connectivity index (χ2v) is 6.38. The molecule has 0 unspecified atom stereocenters. The summed E-state index contributed by atoms with van der Waals surface area (Å²) in [6, 6.07) is 0. The van der Waals surface area contributed by atoms with E-state index in [1.165, 1.54) is 29.6 Å². The maximum atomic E-state index is 5.76. The van der Waals surface area contributed by atoms with Crippen molar-refractivity contribution < 1.29 is 0 Å². The third-order valence-electron chi connectivity index (χ3n) is 4.03. The zero-order valence-corrected chi connectivity index (χ0v) is 17.2. The lowest BCUT2D eigenvalue weighted by Gasteiger charge is -2.11. The predicted molar refractivity (Wildman–Crippen MR) is 115 cm³/mol. The van der Waals surface area contributed by atoms with Crippen molar-refractivity contribution >= 4 is 5.71 Å². The number of unbranched alkanes of at least 4 members (excludes halogenated alkanes) is 1. The maximum Gasteiger partial charge on any atom is 0.0344 e. The van der Waals surface area contributed by atoms with E-state index in [1.807, 2.05) is 20.0 Å². The fourth-order valence-corrected chi connectivity index (χ4v) is 2.40. The van der Waals surface area contributed by atoms with Crippen LogP contribution in [0.1, 0.15) is 67.2 Å². The Morgan fingerprint density at radius 3 is 2.20 bits per heavy atom. The van der Waals surface area contributed by atoms with Gasteiger partial charge in [-0.1, -0.05) is 50.0 Å². The maximum absolute atomic E-state index is 5.76. The molecular formula is C24H35N. The van der Waals surface area contributed by atoms with Crippen LogP contribution in [0.5, 0.6) is 0 Å². The molecule has 0 radical (unpaired) electrons. The van der Waals surface area contributed by atoms with Crippen molar-refractivity contribution in [1.29, 1.82) is 0 Å². The van der Waals surface area contributed by atoms with Crippen molar-refractivity contribution in [3.8, 4) is 12.3 Å². The molecule has 0 aromatic carbocycles. The third kappa shape index (κ3) is 9.11. The van der Waals surface area contributed by atoms with Crippen LogP contribution in [0.3, 0.4) is 0 Å². The van der Waals surface area contributed by atoms with E-state index >= 15 is 0 Å². The van der Waals surface area contributed by atoms with E-state index < -0.39 is 0 Å². The van der Waals surface area contributed by atoms with Crippen molar-refractivity contribution in [3.63, 3.8) is 0 Å². The number of hydrogen-bond donors (Lipinski definition) is 0. The summed E-state index contributed by atoms with van der Waals surface area (Å²) in [4.78, 5) is 4.36. The average molecular weight is 338 g/mol. The summed E-state index contributed by atoms with van der Waals surface area (Å²) >= 11 is 0. The summed E-state index contributed by atoms with van der Waals surface area (Å²) in [6.07, 6.45) is 20.7. The molecule has 0 saturated heterocycles. The molecule has 0 rings (SSSR count). The molecule has 1 nitrogen and oxygen atoms in total. The topological polar surface area (TPSA) is 12.4 Å². The van der Waals surface area contributed by atoms with Crippen LogP contribution in [0.15, 0.2) is 63.2 Å². The zero-order chi connectivity index (χ0) is 19.2. The zero-order valence-electron chi connectivity index (χ0n) is 17.2. The van der Waals surface area contributed by atoms with Crippen molar-refractivity contribution in [2.45, 2.75) is 67.2 Å². The molecule has 136 valence electrons. The number of aliphatic imine (C=N–C) groups is 1. The van der Waals surface area contributed by atoms with E-state index in [-0.39, 0.29) is 0 Å². The van der Waals surface area contributed by atoms with Gasteiger partial charge in [-0.2, -0.15) is 0 Å². The van der Waals surface area contributed by atoms with E-state index in [4.69, 9.17) is 6.42 Å². The van der Waals surface area contributed by atoms with Crippen LogP contribution in [-0.4, -0.2) is 12.8 Å². The summed E-state index contributed by atoms with van der Waals surface area (Å²) in [5.41, 5.74) is 6.99. The highest BCUT2D eigenvalue weighted by Gasteiger charge is 2.05. The normalized spacial score (nSPS) is 14.4. The molecule has 0 aliphatic rings. The highest BCUT2D eigenvalue weighted by atomic mass is 14.7. The summed E-state index contributed by atoms with van der Waals surface area (Å²) < 4.78 is 0. The SMILES string of the molecule is C#CC(=C\C=C(C)C)/C(/C=C(CCCC)\C(C)=C\C(CC)=NC)=C/C. The number of allylic oxidation sites excluding steroid dienone is 10. The van der Waals surface area contributed by atoms with Crippen LogP contribution in [0.4, 0.5) is 0 Å². The van der Waals surface area contributed by atoms with E-state index in [0.29, 0.717) is 0 Å². The van der Waals surface area contributed by atoms with Gasteiger partial charge in [-0.3, -0.25) is 4.99 Å². The molecule has 0 fully saturated rings. The number of nitrogens with zero attached hydrogens (tertiary/aromatic N) is 1. The standard InChI is InChI=1S/C24H35N/c1-9-13-14-23(20(7)17-24(12-4)25-8)18-22(11-3)21(10-2)16-15-19(5)6/h2,11,15-18H,9,12-14H2,1,3-8H3/b20-17+,21-16+,22-11+,23-18-,25-24?. The molecule has 0 N–H and O–H groups in total. The van der Waals surface area contributed by atoms with Gasteiger partial charge in [0.05, 0.1) is 0 Å². The van der Waals surface area contributed by atoms with E-state index in [2.05, 4.69) is 69.8 Å². The Morgan fingerprint density at radius 1 is 1.08 bits per heavy atom. The van der Waals surface area contributed by atoms with Gasteiger partial charge in [0.15, 0.2) is 0 Å². The second-order valence-electron chi connectivity index (χ2n) is 6.38. The highest BCUT2D eigenvalue weighted by Crippen LogP contribution is 2.23. The predicted octanol–water partition coefficient (Wildman–Crippen LogP) is 7.00. The van der Waals surface area contributed by atoms with Gasteiger partial charge in [0.1, 0.15) is 0 Å². The van der Waals surface area contributed by atoms with Crippen LogP contribution in [0.2, 0.25) is 0 Å². The molecule has 0 heterocycles. The van der Waals surface area contributed by atoms with Crippen molar-refractivity contribution in [3.05, 3.63) is 58.2 Å². The first kappa shape index (κ1) is 22.9. The highest BCUT2D eigenvalue weighted by molar-refractivity contribution is 5.95. The molecule has 0 bridgehead atoms. The van der Waals surface area contributed by atoms with Gasteiger partial charge >= 0.3 is 0 Å². The molecule has 0 atom stereocenters. The van der Waals surface area contributed by atoms with Crippen LogP contribution in [0, 0.1) is 12.3 Å². The molecule has 0 spiro atoms. The summed E-state index contributed by atoms with van der Waals surface area (Å²) in [7, 11) is 1.86. The summed E-state index contributed by atoms with van der Waals surface area (Å²) in [5, 5.41) is 0. The smallest absolute Gasteiger partial charge is 0.0344 e. The average Bonchev–Trinajstić information content (AvgIpc) is 2.61. The van der Waals surface area contributed by atoms with Gasteiger partial charge in [0, 0.05) is 18.3 Å². The minimum absolute atomic E-state index is 0.922. The van der Waals surface area contributed by atoms with Crippen LogP contribution < -0.4 is 0 Å². The monoisotopic (exact) mass is 337 g/mol. The van der Waals surface area contributed by atoms with Gasteiger partial charge in [0.2, 0.25) is 0 Å². The molecule has 0 amide bonds. The van der Waals surface area contributed by atoms with Gasteiger partial charge < -0.3 is 0 Å². The Hall–Kier alpha value is -2.07. The Kier molecular flexibility index (Phi) is 12.1. The van der Waals surface area contributed by atoms with E-state index in [0.717, 1.165) is 29.7 Å². The van der Waals surface area contributed by atoms with E-state index in [1.54, 1.807) is 0 Å². The van der Waals surface area contributed by atoms with Crippen LogP contribution in [-0.2, 0) is 0 Å². The van der Waals surface area contributed by atoms with Crippen molar-refractivity contribution in [2.24, 2.45) is 4.99 Å². The Balaban J connectivity index is 5.95. The molecule has 0 aromatic heterocycles. The first-order valence-corrected chi connectivity index (χ1v) is 9.26. The minimum Gasteiger partial charge on any atom is -0.293 e. The molecule has 0 saturated carbocycles. The molecule has 1 heteroatoms. The molecular weight excluding hydrogens is 302 g/mol. The van der Waals surface area contributed by atoms with Crippen LogP contribution >= 0.6 is 0 Å². The third-order valence-corrected chi connectivity index (χ3v) is 4.03. The van der Waals surface area contributed by atoms with Crippen molar-refractivity contribution in [2.75, 3.05) is 7.05 Å². The molecule has 0 aromatic rings. The fourth-order valence-electron chi connectivity index (χ4n) is 2.40. The first-order chi connectivity index (χ1) is 11.9. The van der Waals surface area contributed by atoms with Crippen LogP contribution in [0.25, 0.3) is 0 Å². The molecule has 0 aliphatic carbocycles. The lowest BCUT2D eigenvalue weighted by molar-refractivity contribution is 0.791. The lowest BCUT2D eigenvalue weighted by Crippen LogP contribution is -1.96. The fraction of sp³-hybridized carbons (Fsp3) is 0.458. The lowest BCUT2D eigenvalue weighted by atomic mass is 9.94. The quantitative estimate of drug-likeness (QED) is 0.244. The first-order valence-electron chi connectivity index (χ1n) is 9.26. The molecule has 0 aliphatic heterocycles. The minimum atomic E-state index is 0.922. The Morgan fingerprint density at radius 2 is 1.76 bits per heavy atom. The van der Waals surface area contributed by atoms with Gasteiger partial charge in [0.25, 0.3) is 0 Å². The number of terminal acetylenes is 1.